The Morgan fingerprint density at radius 1 is 1.69 bits per heavy atom. The van der Waals surface area contributed by atoms with Gasteiger partial charge >= 0.3 is 0 Å². The molecule has 1 aliphatic rings. The lowest BCUT2D eigenvalue weighted by atomic mass is 10.1. The predicted molar refractivity (Wildman–Crippen MR) is 49.1 cm³/mol. The average Bonchev–Trinajstić information content (AvgIpc) is 2.76. The maximum absolute atomic E-state index is 5.43. The zero-order valence-electron chi connectivity index (χ0n) is 7.62. The van der Waals surface area contributed by atoms with Crippen LogP contribution in [0.3, 0.4) is 0 Å². The Morgan fingerprint density at radius 3 is 3.23 bits per heavy atom. The van der Waals surface area contributed by atoms with Crippen molar-refractivity contribution in [3.63, 3.8) is 0 Å². The number of oxazole rings is 1. The zero-order valence-corrected chi connectivity index (χ0v) is 7.62. The van der Waals surface area contributed by atoms with Crippen LogP contribution < -0.4 is 11.1 Å². The summed E-state index contributed by atoms with van der Waals surface area (Å²) in [6.07, 6.45) is 5.01. The predicted octanol–water partition coefficient (Wildman–Crippen LogP) is 0.428. The Labute approximate surface area is 77.5 Å². The normalized spacial score (nSPS) is 22.4. The minimum Gasteiger partial charge on any atom is -0.449 e. The Kier molecular flexibility index (Phi) is 2.61. The van der Waals surface area contributed by atoms with Crippen molar-refractivity contribution in [2.24, 2.45) is 5.73 Å². The van der Waals surface area contributed by atoms with Crippen molar-refractivity contribution < 1.29 is 4.42 Å². The van der Waals surface area contributed by atoms with Crippen LogP contribution >= 0.6 is 0 Å². The molecule has 1 aromatic heterocycles. The molecule has 1 unspecified atom stereocenters. The second kappa shape index (κ2) is 3.89. The van der Waals surface area contributed by atoms with Gasteiger partial charge in [0.2, 0.25) is 0 Å². The molecular weight excluding hydrogens is 166 g/mol. The van der Waals surface area contributed by atoms with Gasteiger partial charge in [-0.15, -0.1) is 0 Å². The standard InChI is InChI=1S/C9H15N3O/c10-5-8-6-13-9(12-8)4-7-2-1-3-11-7/h6-7,11H,1-5,10H2. The van der Waals surface area contributed by atoms with E-state index in [4.69, 9.17) is 10.2 Å². The monoisotopic (exact) mass is 181 g/mol. The molecule has 4 nitrogen and oxygen atoms in total. The van der Waals surface area contributed by atoms with E-state index >= 15 is 0 Å². The number of nitrogens with one attached hydrogen (secondary N) is 1. The van der Waals surface area contributed by atoms with E-state index in [9.17, 15) is 0 Å². The minimum atomic E-state index is 0.460. The molecule has 1 aliphatic heterocycles. The third-order valence-electron chi connectivity index (χ3n) is 2.39. The fraction of sp³-hybridized carbons (Fsp3) is 0.667. The molecule has 0 bridgehead atoms. The van der Waals surface area contributed by atoms with Crippen LogP contribution in [0.15, 0.2) is 10.7 Å². The first kappa shape index (κ1) is 8.72. The van der Waals surface area contributed by atoms with E-state index in [-0.39, 0.29) is 0 Å². The summed E-state index contributed by atoms with van der Waals surface area (Å²) in [7, 11) is 0. The Morgan fingerprint density at radius 2 is 2.62 bits per heavy atom. The maximum Gasteiger partial charge on any atom is 0.195 e. The molecular formula is C9H15N3O. The molecule has 0 aromatic carbocycles. The zero-order chi connectivity index (χ0) is 9.10. The molecule has 0 radical (unpaired) electrons. The molecule has 2 rings (SSSR count). The molecule has 13 heavy (non-hydrogen) atoms. The summed E-state index contributed by atoms with van der Waals surface area (Å²) in [4.78, 5) is 4.26. The van der Waals surface area contributed by atoms with Gasteiger partial charge < -0.3 is 15.5 Å². The van der Waals surface area contributed by atoms with Gasteiger partial charge in [-0.2, -0.15) is 0 Å². The number of hydrogen-bond donors (Lipinski definition) is 2. The smallest absolute Gasteiger partial charge is 0.195 e. The Balaban J connectivity index is 1.92. The van der Waals surface area contributed by atoms with Gasteiger partial charge in [0.1, 0.15) is 6.26 Å². The molecule has 2 heterocycles. The minimum absolute atomic E-state index is 0.460. The molecule has 0 amide bonds. The Bertz CT molecular complexity index is 266. The lowest BCUT2D eigenvalue weighted by Crippen LogP contribution is -2.23. The molecule has 3 N–H and O–H groups in total. The average molecular weight is 181 g/mol. The summed E-state index contributed by atoms with van der Waals surface area (Å²) in [6.45, 7) is 1.58. The van der Waals surface area contributed by atoms with Crippen molar-refractivity contribution in [3.8, 4) is 0 Å². The number of nitrogens with two attached hydrogens (primary N) is 1. The third kappa shape index (κ3) is 2.08. The summed E-state index contributed by atoms with van der Waals surface area (Å²) in [5, 5.41) is 3.40. The lowest BCUT2D eigenvalue weighted by molar-refractivity contribution is 0.456. The highest BCUT2D eigenvalue weighted by atomic mass is 16.3. The second-order valence-corrected chi connectivity index (χ2v) is 3.43. The molecule has 0 spiro atoms. The second-order valence-electron chi connectivity index (χ2n) is 3.43. The molecule has 1 aromatic rings. The van der Waals surface area contributed by atoms with Crippen molar-refractivity contribution >= 4 is 0 Å². The highest BCUT2D eigenvalue weighted by molar-refractivity contribution is 4.97. The van der Waals surface area contributed by atoms with Crippen molar-refractivity contribution in [1.82, 2.24) is 10.3 Å². The summed E-state index contributed by atoms with van der Waals surface area (Å²) in [5.74, 6) is 0.805. The van der Waals surface area contributed by atoms with Gasteiger partial charge in [0.25, 0.3) is 0 Å². The van der Waals surface area contributed by atoms with Gasteiger partial charge in [-0.3, -0.25) is 0 Å². The highest BCUT2D eigenvalue weighted by Gasteiger charge is 2.16. The summed E-state index contributed by atoms with van der Waals surface area (Å²) in [5.41, 5.74) is 6.27. The van der Waals surface area contributed by atoms with E-state index in [0.717, 1.165) is 24.6 Å². The molecule has 4 heteroatoms. The topological polar surface area (TPSA) is 64.1 Å². The van der Waals surface area contributed by atoms with Gasteiger partial charge in [-0.25, -0.2) is 4.98 Å². The van der Waals surface area contributed by atoms with E-state index in [1.807, 2.05) is 0 Å². The van der Waals surface area contributed by atoms with Gasteiger partial charge in [0.05, 0.1) is 5.69 Å². The van der Waals surface area contributed by atoms with Crippen LogP contribution in [-0.4, -0.2) is 17.6 Å². The summed E-state index contributed by atoms with van der Waals surface area (Å²) >= 11 is 0. The largest absolute Gasteiger partial charge is 0.449 e. The number of aromatic nitrogens is 1. The molecule has 1 atom stereocenters. The molecule has 0 aliphatic carbocycles. The molecule has 72 valence electrons. The quantitative estimate of drug-likeness (QED) is 0.709. The van der Waals surface area contributed by atoms with Gasteiger partial charge in [0.15, 0.2) is 5.89 Å². The van der Waals surface area contributed by atoms with E-state index < -0.39 is 0 Å². The highest BCUT2D eigenvalue weighted by Crippen LogP contribution is 2.11. The fourth-order valence-corrected chi connectivity index (χ4v) is 1.68. The third-order valence-corrected chi connectivity index (χ3v) is 2.39. The van der Waals surface area contributed by atoms with E-state index in [1.165, 1.54) is 12.8 Å². The van der Waals surface area contributed by atoms with Gasteiger partial charge in [-0.1, -0.05) is 0 Å². The van der Waals surface area contributed by atoms with Crippen LogP contribution in [0.25, 0.3) is 0 Å². The van der Waals surface area contributed by atoms with Gasteiger partial charge in [-0.05, 0) is 19.4 Å². The van der Waals surface area contributed by atoms with Crippen LogP contribution in [-0.2, 0) is 13.0 Å². The van der Waals surface area contributed by atoms with Crippen molar-refractivity contribution in [3.05, 3.63) is 17.8 Å². The summed E-state index contributed by atoms with van der Waals surface area (Å²) in [6, 6.07) is 0.546. The first-order valence-electron chi connectivity index (χ1n) is 4.75. The molecule has 0 saturated carbocycles. The van der Waals surface area contributed by atoms with E-state index in [0.29, 0.717) is 12.6 Å². The summed E-state index contributed by atoms with van der Waals surface area (Å²) < 4.78 is 5.29. The van der Waals surface area contributed by atoms with Crippen LogP contribution in [0, 0.1) is 0 Å². The fourth-order valence-electron chi connectivity index (χ4n) is 1.68. The van der Waals surface area contributed by atoms with Crippen LogP contribution in [0.4, 0.5) is 0 Å². The molecule has 1 fully saturated rings. The van der Waals surface area contributed by atoms with Crippen molar-refractivity contribution in [2.75, 3.05) is 6.54 Å². The SMILES string of the molecule is NCc1coc(CC2CCCN2)n1. The van der Waals surface area contributed by atoms with Crippen molar-refractivity contribution in [2.45, 2.75) is 31.8 Å². The van der Waals surface area contributed by atoms with Crippen LogP contribution in [0.1, 0.15) is 24.4 Å². The first-order chi connectivity index (χ1) is 6.38. The van der Waals surface area contributed by atoms with Crippen LogP contribution in [0.2, 0.25) is 0 Å². The van der Waals surface area contributed by atoms with Crippen molar-refractivity contribution in [1.29, 1.82) is 0 Å². The maximum atomic E-state index is 5.43. The van der Waals surface area contributed by atoms with Gasteiger partial charge in [0, 0.05) is 19.0 Å². The number of rotatable bonds is 3. The number of nitrogens with zero attached hydrogens (tertiary/aromatic N) is 1. The lowest BCUT2D eigenvalue weighted by Gasteiger charge is -2.05. The van der Waals surface area contributed by atoms with E-state index in [2.05, 4.69) is 10.3 Å². The Hall–Kier alpha value is -0.870. The van der Waals surface area contributed by atoms with E-state index in [1.54, 1.807) is 6.26 Å². The van der Waals surface area contributed by atoms with Crippen LogP contribution in [0.5, 0.6) is 0 Å². The molecule has 1 saturated heterocycles. The number of hydrogen-bond acceptors (Lipinski definition) is 4. The first-order valence-corrected chi connectivity index (χ1v) is 4.75.